The fourth-order valence-corrected chi connectivity index (χ4v) is 2.99. The summed E-state index contributed by atoms with van der Waals surface area (Å²) in [5.41, 5.74) is 1.06. The fourth-order valence-electron chi connectivity index (χ4n) is 2.32. The zero-order valence-corrected chi connectivity index (χ0v) is 13.8. The summed E-state index contributed by atoms with van der Waals surface area (Å²) in [4.78, 5) is 12.3. The van der Waals surface area contributed by atoms with E-state index in [2.05, 4.69) is 15.5 Å². The summed E-state index contributed by atoms with van der Waals surface area (Å²) in [5, 5.41) is 10.9. The van der Waals surface area contributed by atoms with Crippen LogP contribution in [0.3, 0.4) is 0 Å². The molecule has 0 aliphatic carbocycles. The Morgan fingerprint density at radius 1 is 1.17 bits per heavy atom. The SMILES string of the molecule is CS(=O)(=O)c1cccc(C(=O)NCCc2nnc3ccccn23)c1. The van der Waals surface area contributed by atoms with Gasteiger partial charge in [0.1, 0.15) is 5.82 Å². The lowest BCUT2D eigenvalue weighted by atomic mass is 10.2. The number of nitrogens with one attached hydrogen (secondary N) is 1. The van der Waals surface area contributed by atoms with Crippen LogP contribution in [0.5, 0.6) is 0 Å². The number of hydrogen-bond acceptors (Lipinski definition) is 5. The van der Waals surface area contributed by atoms with Crippen LogP contribution in [0.4, 0.5) is 0 Å². The maximum atomic E-state index is 12.2. The van der Waals surface area contributed by atoms with Gasteiger partial charge < -0.3 is 5.32 Å². The molecule has 0 unspecified atom stereocenters. The highest BCUT2D eigenvalue weighted by molar-refractivity contribution is 7.90. The molecule has 0 fully saturated rings. The van der Waals surface area contributed by atoms with Gasteiger partial charge in [-0.15, -0.1) is 10.2 Å². The Morgan fingerprint density at radius 2 is 2.00 bits per heavy atom. The Morgan fingerprint density at radius 3 is 2.79 bits per heavy atom. The normalized spacial score (nSPS) is 11.5. The number of fused-ring (bicyclic) bond motifs is 1. The Labute approximate surface area is 139 Å². The highest BCUT2D eigenvalue weighted by Crippen LogP contribution is 2.11. The van der Waals surface area contributed by atoms with Crippen molar-refractivity contribution in [3.8, 4) is 0 Å². The van der Waals surface area contributed by atoms with E-state index in [1.54, 1.807) is 12.1 Å². The van der Waals surface area contributed by atoms with Gasteiger partial charge in [0.25, 0.3) is 5.91 Å². The topological polar surface area (TPSA) is 93.4 Å². The third-order valence-corrected chi connectivity index (χ3v) is 4.65. The molecule has 0 aliphatic heterocycles. The predicted octanol–water partition coefficient (Wildman–Crippen LogP) is 1.11. The van der Waals surface area contributed by atoms with Crippen molar-refractivity contribution in [2.75, 3.05) is 12.8 Å². The quantitative estimate of drug-likeness (QED) is 0.748. The van der Waals surface area contributed by atoms with E-state index in [9.17, 15) is 13.2 Å². The minimum atomic E-state index is -3.34. The molecule has 0 saturated heterocycles. The van der Waals surface area contributed by atoms with Crippen LogP contribution >= 0.6 is 0 Å². The number of hydrogen-bond donors (Lipinski definition) is 1. The summed E-state index contributed by atoms with van der Waals surface area (Å²) in [6.45, 7) is 0.373. The fraction of sp³-hybridized carbons (Fsp3) is 0.188. The standard InChI is InChI=1S/C16H16N4O3S/c1-24(22,23)13-6-4-5-12(11-13)16(21)17-9-8-15-19-18-14-7-2-3-10-20(14)15/h2-7,10-11H,8-9H2,1H3,(H,17,21). The summed E-state index contributed by atoms with van der Waals surface area (Å²) in [5.74, 6) is 0.421. The van der Waals surface area contributed by atoms with Gasteiger partial charge in [0.2, 0.25) is 0 Å². The zero-order chi connectivity index (χ0) is 17.2. The van der Waals surface area contributed by atoms with Crippen LogP contribution in [-0.4, -0.2) is 41.7 Å². The van der Waals surface area contributed by atoms with Gasteiger partial charge in [-0.25, -0.2) is 8.42 Å². The van der Waals surface area contributed by atoms with Crippen LogP contribution in [-0.2, 0) is 16.3 Å². The van der Waals surface area contributed by atoms with Crippen molar-refractivity contribution in [1.29, 1.82) is 0 Å². The van der Waals surface area contributed by atoms with E-state index in [1.807, 2.05) is 28.8 Å². The molecular weight excluding hydrogens is 328 g/mol. The number of carbonyl (C=O) groups excluding carboxylic acids is 1. The van der Waals surface area contributed by atoms with E-state index < -0.39 is 9.84 Å². The second-order valence-corrected chi connectivity index (χ2v) is 7.37. The molecule has 1 aromatic carbocycles. The molecule has 0 radical (unpaired) electrons. The number of pyridine rings is 1. The molecule has 124 valence electrons. The molecule has 0 spiro atoms. The molecule has 2 heterocycles. The Hall–Kier alpha value is -2.74. The molecule has 0 bridgehead atoms. The van der Waals surface area contributed by atoms with Crippen molar-refractivity contribution in [3.63, 3.8) is 0 Å². The number of benzene rings is 1. The maximum absolute atomic E-state index is 12.2. The third kappa shape index (κ3) is 3.43. The summed E-state index contributed by atoms with van der Waals surface area (Å²) < 4.78 is 25.0. The molecule has 3 rings (SSSR count). The van der Waals surface area contributed by atoms with Crippen LogP contribution in [0.1, 0.15) is 16.2 Å². The van der Waals surface area contributed by atoms with E-state index >= 15 is 0 Å². The average molecular weight is 344 g/mol. The molecule has 0 atom stereocenters. The van der Waals surface area contributed by atoms with E-state index in [0.717, 1.165) is 17.7 Å². The number of rotatable bonds is 5. The molecule has 1 N–H and O–H groups in total. The molecule has 3 aromatic rings. The maximum Gasteiger partial charge on any atom is 0.251 e. The minimum absolute atomic E-state index is 0.124. The van der Waals surface area contributed by atoms with Crippen LogP contribution < -0.4 is 5.32 Å². The zero-order valence-electron chi connectivity index (χ0n) is 13.0. The Bertz CT molecular complexity index is 995. The van der Waals surface area contributed by atoms with Crippen molar-refractivity contribution >= 4 is 21.4 Å². The first-order chi connectivity index (χ1) is 11.4. The van der Waals surface area contributed by atoms with E-state index in [1.165, 1.54) is 12.1 Å². The van der Waals surface area contributed by atoms with Gasteiger partial charge in [0.05, 0.1) is 4.90 Å². The summed E-state index contributed by atoms with van der Waals surface area (Å²) in [6.07, 6.45) is 3.49. The highest BCUT2D eigenvalue weighted by atomic mass is 32.2. The molecule has 2 aromatic heterocycles. The van der Waals surface area contributed by atoms with Crippen LogP contribution in [0.2, 0.25) is 0 Å². The molecule has 0 aliphatic rings. The minimum Gasteiger partial charge on any atom is -0.352 e. The second kappa shape index (κ2) is 6.40. The second-order valence-electron chi connectivity index (χ2n) is 5.35. The number of nitrogens with zero attached hydrogens (tertiary/aromatic N) is 3. The lowest BCUT2D eigenvalue weighted by molar-refractivity contribution is 0.0953. The van der Waals surface area contributed by atoms with Crippen molar-refractivity contribution in [2.24, 2.45) is 0 Å². The molecule has 8 heteroatoms. The van der Waals surface area contributed by atoms with Gasteiger partial charge in [-0.05, 0) is 30.3 Å². The predicted molar refractivity (Wildman–Crippen MR) is 88.6 cm³/mol. The van der Waals surface area contributed by atoms with Crippen molar-refractivity contribution in [2.45, 2.75) is 11.3 Å². The largest absolute Gasteiger partial charge is 0.352 e. The Balaban J connectivity index is 1.66. The summed E-state index contributed by atoms with van der Waals surface area (Å²) >= 11 is 0. The van der Waals surface area contributed by atoms with E-state index in [0.29, 0.717) is 18.5 Å². The van der Waals surface area contributed by atoms with Crippen molar-refractivity contribution in [1.82, 2.24) is 19.9 Å². The van der Waals surface area contributed by atoms with Crippen LogP contribution in [0, 0.1) is 0 Å². The number of amides is 1. The molecule has 7 nitrogen and oxygen atoms in total. The van der Waals surface area contributed by atoms with Gasteiger partial charge in [-0.1, -0.05) is 12.1 Å². The van der Waals surface area contributed by atoms with Gasteiger partial charge in [-0.2, -0.15) is 0 Å². The van der Waals surface area contributed by atoms with Gasteiger partial charge in [0.15, 0.2) is 15.5 Å². The van der Waals surface area contributed by atoms with E-state index in [4.69, 9.17) is 0 Å². The first-order valence-corrected chi connectivity index (χ1v) is 9.21. The molecule has 24 heavy (non-hydrogen) atoms. The number of aromatic nitrogens is 3. The monoisotopic (exact) mass is 344 g/mol. The average Bonchev–Trinajstić information content (AvgIpc) is 2.97. The van der Waals surface area contributed by atoms with Crippen molar-refractivity contribution < 1.29 is 13.2 Å². The van der Waals surface area contributed by atoms with E-state index in [-0.39, 0.29) is 10.8 Å². The van der Waals surface area contributed by atoms with Gasteiger partial charge in [0, 0.05) is 31.0 Å². The van der Waals surface area contributed by atoms with Crippen LogP contribution in [0.15, 0.2) is 53.6 Å². The first kappa shape index (κ1) is 16.1. The van der Waals surface area contributed by atoms with Gasteiger partial charge in [-0.3, -0.25) is 9.20 Å². The lowest BCUT2D eigenvalue weighted by Gasteiger charge is -2.06. The summed E-state index contributed by atoms with van der Waals surface area (Å²) in [6, 6.07) is 11.6. The highest BCUT2D eigenvalue weighted by Gasteiger charge is 2.12. The summed E-state index contributed by atoms with van der Waals surface area (Å²) in [7, 11) is -3.34. The molecular formula is C16H16N4O3S. The third-order valence-electron chi connectivity index (χ3n) is 3.54. The smallest absolute Gasteiger partial charge is 0.251 e. The first-order valence-electron chi connectivity index (χ1n) is 7.32. The number of carbonyl (C=O) groups is 1. The van der Waals surface area contributed by atoms with Crippen molar-refractivity contribution in [3.05, 3.63) is 60.0 Å². The molecule has 1 amide bonds. The van der Waals surface area contributed by atoms with Crippen LogP contribution in [0.25, 0.3) is 5.65 Å². The Kier molecular flexibility index (Phi) is 4.30. The molecule has 0 saturated carbocycles. The lowest BCUT2D eigenvalue weighted by Crippen LogP contribution is -2.26. The van der Waals surface area contributed by atoms with Gasteiger partial charge >= 0.3 is 0 Å². The number of sulfone groups is 1.